The van der Waals surface area contributed by atoms with Crippen LogP contribution in [0, 0.1) is 17.2 Å². The fraction of sp³-hybridized carbons (Fsp3) is 0.375. The molecular weight excluding hydrogens is 312 g/mol. The molecule has 8 nitrogen and oxygen atoms in total. The molecule has 126 valence electrons. The lowest BCUT2D eigenvalue weighted by atomic mass is 9.85. The van der Waals surface area contributed by atoms with Crippen LogP contribution in [-0.4, -0.2) is 52.8 Å². The summed E-state index contributed by atoms with van der Waals surface area (Å²) in [5.74, 6) is -1.65. The number of anilines is 1. The number of carboxylic acid groups (broad SMARTS) is 2. The zero-order chi connectivity index (χ0) is 17.5. The van der Waals surface area contributed by atoms with E-state index in [1.165, 1.54) is 13.0 Å². The van der Waals surface area contributed by atoms with Crippen molar-refractivity contribution in [1.29, 1.82) is 5.26 Å². The minimum absolute atomic E-state index is 0.558. The maximum Gasteiger partial charge on any atom is 0.328 e. The lowest BCUT2D eigenvalue weighted by molar-refractivity contribution is -0.134. The highest BCUT2D eigenvalue weighted by atomic mass is 16.4. The molecule has 0 aliphatic carbocycles. The quantitative estimate of drug-likeness (QED) is 0.682. The lowest BCUT2D eigenvalue weighted by Gasteiger charge is -2.47. The van der Waals surface area contributed by atoms with Crippen LogP contribution in [0.5, 0.6) is 0 Å². The number of nitriles is 1. The molecule has 0 amide bonds. The summed E-state index contributed by atoms with van der Waals surface area (Å²) in [6, 6.07) is 4.70. The van der Waals surface area contributed by atoms with Gasteiger partial charge in [-0.25, -0.2) is 9.59 Å². The van der Waals surface area contributed by atoms with Crippen molar-refractivity contribution in [3.05, 3.63) is 36.2 Å². The van der Waals surface area contributed by atoms with E-state index in [1.54, 1.807) is 6.20 Å². The van der Waals surface area contributed by atoms with E-state index in [2.05, 4.69) is 21.3 Å². The summed E-state index contributed by atoms with van der Waals surface area (Å²) in [5, 5.41) is 27.9. The van der Waals surface area contributed by atoms with Gasteiger partial charge in [0.1, 0.15) is 6.07 Å². The number of carbonyl (C=O) groups is 2. The molecule has 2 fully saturated rings. The molecule has 0 spiro atoms. The van der Waals surface area contributed by atoms with Crippen LogP contribution in [0.3, 0.4) is 0 Å². The van der Waals surface area contributed by atoms with E-state index in [4.69, 9.17) is 15.5 Å². The van der Waals surface area contributed by atoms with Crippen molar-refractivity contribution in [3.8, 4) is 6.07 Å². The van der Waals surface area contributed by atoms with Crippen LogP contribution < -0.4 is 10.2 Å². The number of hydrogen-bond donors (Lipinski definition) is 3. The maximum absolute atomic E-state index is 9.55. The van der Waals surface area contributed by atoms with E-state index in [1.807, 2.05) is 12.3 Å². The highest BCUT2D eigenvalue weighted by Gasteiger charge is 2.35. The molecule has 0 radical (unpaired) electrons. The molecule has 24 heavy (non-hydrogen) atoms. The molecule has 0 aromatic carbocycles. The van der Waals surface area contributed by atoms with Gasteiger partial charge in [-0.05, 0) is 24.9 Å². The number of rotatable bonds is 3. The van der Waals surface area contributed by atoms with Gasteiger partial charge in [-0.15, -0.1) is 0 Å². The Morgan fingerprint density at radius 1 is 1.33 bits per heavy atom. The fourth-order valence-corrected chi connectivity index (χ4v) is 2.66. The van der Waals surface area contributed by atoms with Crippen LogP contribution in [0.2, 0.25) is 0 Å². The second kappa shape index (κ2) is 8.08. The van der Waals surface area contributed by atoms with Crippen molar-refractivity contribution in [2.45, 2.75) is 12.5 Å². The third-order valence-corrected chi connectivity index (χ3v) is 3.98. The van der Waals surface area contributed by atoms with Crippen molar-refractivity contribution >= 4 is 17.6 Å². The van der Waals surface area contributed by atoms with E-state index in [0.29, 0.717) is 23.8 Å². The summed E-state index contributed by atoms with van der Waals surface area (Å²) >= 11 is 0. The Labute approximate surface area is 139 Å². The Kier molecular flexibility index (Phi) is 5.87. The molecule has 2 saturated heterocycles. The van der Waals surface area contributed by atoms with E-state index < -0.39 is 11.9 Å². The average molecular weight is 330 g/mol. The van der Waals surface area contributed by atoms with Crippen molar-refractivity contribution in [3.63, 3.8) is 0 Å². The monoisotopic (exact) mass is 330 g/mol. The molecule has 1 aromatic rings. The van der Waals surface area contributed by atoms with Gasteiger partial charge in [-0.2, -0.15) is 5.26 Å². The lowest BCUT2D eigenvalue weighted by Crippen LogP contribution is -2.62. The summed E-state index contributed by atoms with van der Waals surface area (Å²) in [5.41, 5.74) is 1.72. The van der Waals surface area contributed by atoms with Gasteiger partial charge in [0.15, 0.2) is 0 Å². The van der Waals surface area contributed by atoms with E-state index in [-0.39, 0.29) is 0 Å². The largest absolute Gasteiger partial charge is 0.478 e. The van der Waals surface area contributed by atoms with E-state index >= 15 is 0 Å². The number of pyridine rings is 1. The number of nitrogens with zero attached hydrogens (tertiary/aromatic N) is 3. The highest BCUT2D eigenvalue weighted by Crippen LogP contribution is 2.27. The Hall–Kier alpha value is -2.92. The number of aromatic nitrogens is 1. The van der Waals surface area contributed by atoms with Crippen LogP contribution in [0.15, 0.2) is 30.6 Å². The van der Waals surface area contributed by atoms with Crippen LogP contribution in [0.4, 0.5) is 5.69 Å². The Morgan fingerprint density at radius 2 is 2.04 bits per heavy atom. The maximum atomic E-state index is 9.55. The zero-order valence-corrected chi connectivity index (χ0v) is 12.9. The average Bonchev–Trinajstić information content (AvgIpc) is 2.55. The number of piperidine rings is 1. The van der Waals surface area contributed by atoms with Gasteiger partial charge in [0.25, 0.3) is 0 Å². The second-order valence-electron chi connectivity index (χ2n) is 5.56. The minimum atomic E-state index is -1.26. The van der Waals surface area contributed by atoms with Crippen molar-refractivity contribution in [1.82, 2.24) is 10.3 Å². The first-order valence-electron chi connectivity index (χ1n) is 7.47. The molecule has 0 unspecified atom stereocenters. The standard InChI is InChI=1S/C12H14N4.C4H4O4/c13-4-9-3-11(7-14-5-9)16-2-1-10-6-15-12(10)8-16;5-3(6)1-2-4(7)8/h3,5,7,10,12,15H,1-2,6,8H2;1-2H,(H,5,6)(H,7,8)/b;2-1+/t10-,12-;/m0./s1. The number of hydrogen-bond acceptors (Lipinski definition) is 6. The van der Waals surface area contributed by atoms with Gasteiger partial charge >= 0.3 is 11.9 Å². The smallest absolute Gasteiger partial charge is 0.328 e. The second-order valence-corrected chi connectivity index (χ2v) is 5.56. The van der Waals surface area contributed by atoms with Crippen LogP contribution in [0.1, 0.15) is 12.0 Å². The first-order valence-corrected chi connectivity index (χ1v) is 7.47. The van der Waals surface area contributed by atoms with Gasteiger partial charge in [0, 0.05) is 37.5 Å². The van der Waals surface area contributed by atoms with Gasteiger partial charge in [0.05, 0.1) is 17.4 Å². The van der Waals surface area contributed by atoms with Crippen LogP contribution in [0.25, 0.3) is 0 Å². The van der Waals surface area contributed by atoms with Gasteiger partial charge in [-0.3, -0.25) is 4.98 Å². The molecular formula is C16H18N4O4. The normalized spacial score (nSPS) is 21.7. The summed E-state index contributed by atoms with van der Waals surface area (Å²) < 4.78 is 0. The number of aliphatic carboxylic acids is 2. The molecule has 8 heteroatoms. The Balaban J connectivity index is 0.000000224. The van der Waals surface area contributed by atoms with Gasteiger partial charge in [0.2, 0.25) is 0 Å². The predicted molar refractivity (Wildman–Crippen MR) is 85.5 cm³/mol. The summed E-state index contributed by atoms with van der Waals surface area (Å²) in [7, 11) is 0. The van der Waals surface area contributed by atoms with E-state index in [0.717, 1.165) is 24.7 Å². The predicted octanol–water partition coefficient (Wildman–Crippen LogP) is 0.463. The molecule has 3 rings (SSSR count). The van der Waals surface area contributed by atoms with Crippen molar-refractivity contribution in [2.24, 2.45) is 5.92 Å². The molecule has 2 aliphatic heterocycles. The van der Waals surface area contributed by atoms with Crippen LogP contribution >= 0.6 is 0 Å². The zero-order valence-electron chi connectivity index (χ0n) is 12.9. The Bertz CT molecular complexity index is 667. The van der Waals surface area contributed by atoms with Crippen LogP contribution in [-0.2, 0) is 9.59 Å². The molecule has 1 aromatic heterocycles. The first kappa shape index (κ1) is 17.4. The molecule has 2 atom stereocenters. The van der Waals surface area contributed by atoms with Gasteiger partial charge < -0.3 is 20.4 Å². The highest BCUT2D eigenvalue weighted by molar-refractivity contribution is 5.89. The molecule has 0 saturated carbocycles. The number of carboxylic acids is 2. The summed E-state index contributed by atoms with van der Waals surface area (Å²) in [6.07, 6.45) is 5.82. The molecule has 2 aliphatic rings. The van der Waals surface area contributed by atoms with Gasteiger partial charge in [-0.1, -0.05) is 0 Å². The third-order valence-electron chi connectivity index (χ3n) is 3.98. The number of fused-ring (bicyclic) bond motifs is 1. The topological polar surface area (TPSA) is 127 Å². The molecule has 3 heterocycles. The first-order chi connectivity index (χ1) is 11.5. The fourth-order valence-electron chi connectivity index (χ4n) is 2.66. The molecule has 3 N–H and O–H groups in total. The third kappa shape index (κ3) is 4.79. The van der Waals surface area contributed by atoms with Crippen molar-refractivity contribution < 1.29 is 19.8 Å². The SMILES string of the molecule is N#Cc1cncc(N2CC[C@H]3CN[C@H]3C2)c1.O=C(O)/C=C/C(=O)O. The summed E-state index contributed by atoms with van der Waals surface area (Å²) in [4.78, 5) is 25.5. The van der Waals surface area contributed by atoms with E-state index in [9.17, 15) is 9.59 Å². The minimum Gasteiger partial charge on any atom is -0.478 e. The Morgan fingerprint density at radius 3 is 2.54 bits per heavy atom. The van der Waals surface area contributed by atoms with Crippen molar-refractivity contribution in [2.75, 3.05) is 24.5 Å². The molecule has 0 bridgehead atoms. The summed E-state index contributed by atoms with van der Waals surface area (Å²) in [6.45, 7) is 3.30. The number of nitrogens with one attached hydrogen (secondary N) is 1.